The largest absolute Gasteiger partial charge is 0.359 e. The van der Waals surface area contributed by atoms with Crippen molar-refractivity contribution in [2.75, 3.05) is 5.32 Å². The van der Waals surface area contributed by atoms with E-state index in [0.29, 0.717) is 15.9 Å². The second kappa shape index (κ2) is 5.94. The third-order valence-corrected chi connectivity index (χ3v) is 4.59. The summed E-state index contributed by atoms with van der Waals surface area (Å²) in [6.07, 6.45) is 0.804. The van der Waals surface area contributed by atoms with Gasteiger partial charge in [-0.25, -0.2) is 0 Å². The standard InChI is InChI=1S/C16H16Cl2N2O2/c1-8(2)14-7-15(20-22-14)19-16(21)11-6-10(11)9-3-4-12(17)13(18)5-9/h3-5,7-8,10-11H,6H2,1-2H3,(H,19,20,21)/t10-,11+/m1/s1. The van der Waals surface area contributed by atoms with Crippen LogP contribution in [0, 0.1) is 5.92 Å². The number of rotatable bonds is 4. The molecule has 1 aliphatic carbocycles. The van der Waals surface area contributed by atoms with Gasteiger partial charge in [0.1, 0.15) is 5.76 Å². The summed E-state index contributed by atoms with van der Waals surface area (Å²) in [5, 5.41) is 7.71. The van der Waals surface area contributed by atoms with Crippen molar-refractivity contribution in [3.63, 3.8) is 0 Å². The molecule has 1 saturated carbocycles. The summed E-state index contributed by atoms with van der Waals surface area (Å²) in [6.45, 7) is 4.01. The van der Waals surface area contributed by atoms with Crippen LogP contribution in [0.3, 0.4) is 0 Å². The van der Waals surface area contributed by atoms with Crippen LogP contribution < -0.4 is 5.32 Å². The van der Waals surface area contributed by atoms with Gasteiger partial charge in [0.2, 0.25) is 5.91 Å². The van der Waals surface area contributed by atoms with Gasteiger partial charge in [0.25, 0.3) is 0 Å². The number of nitrogens with zero attached hydrogens (tertiary/aromatic N) is 1. The van der Waals surface area contributed by atoms with Gasteiger partial charge in [-0.3, -0.25) is 4.79 Å². The third kappa shape index (κ3) is 3.13. The lowest BCUT2D eigenvalue weighted by Gasteiger charge is -2.03. The number of hydrogen-bond donors (Lipinski definition) is 1. The number of nitrogens with one attached hydrogen (secondary N) is 1. The average molecular weight is 339 g/mol. The van der Waals surface area contributed by atoms with E-state index in [1.54, 1.807) is 12.1 Å². The normalized spacial score (nSPS) is 20.2. The van der Waals surface area contributed by atoms with Crippen LogP contribution in [-0.4, -0.2) is 11.1 Å². The fourth-order valence-corrected chi connectivity index (χ4v) is 2.74. The lowest BCUT2D eigenvalue weighted by molar-refractivity contribution is -0.117. The highest BCUT2D eigenvalue weighted by Crippen LogP contribution is 2.48. The molecule has 1 aromatic carbocycles. The fourth-order valence-electron chi connectivity index (χ4n) is 2.44. The van der Waals surface area contributed by atoms with Crippen molar-refractivity contribution in [3.8, 4) is 0 Å². The number of hydrogen-bond acceptors (Lipinski definition) is 3. The van der Waals surface area contributed by atoms with Crippen LogP contribution in [0.1, 0.15) is 43.4 Å². The minimum Gasteiger partial charge on any atom is -0.359 e. The van der Waals surface area contributed by atoms with Gasteiger partial charge in [-0.05, 0) is 30.0 Å². The number of benzene rings is 1. The predicted molar refractivity (Wildman–Crippen MR) is 86.5 cm³/mol. The molecule has 116 valence electrons. The van der Waals surface area contributed by atoms with Gasteiger partial charge >= 0.3 is 0 Å². The van der Waals surface area contributed by atoms with Gasteiger partial charge in [-0.1, -0.05) is 48.3 Å². The molecule has 2 aromatic rings. The van der Waals surface area contributed by atoms with E-state index in [4.69, 9.17) is 27.7 Å². The summed E-state index contributed by atoms with van der Waals surface area (Å²) < 4.78 is 5.17. The Morgan fingerprint density at radius 1 is 1.32 bits per heavy atom. The molecule has 1 amide bonds. The summed E-state index contributed by atoms with van der Waals surface area (Å²) >= 11 is 11.9. The molecule has 0 unspecified atom stereocenters. The first kappa shape index (κ1) is 15.4. The molecule has 0 radical (unpaired) electrons. The first-order chi connectivity index (χ1) is 10.5. The molecule has 0 spiro atoms. The number of amides is 1. The second-order valence-electron chi connectivity index (χ2n) is 5.88. The van der Waals surface area contributed by atoms with Crippen molar-refractivity contribution in [1.29, 1.82) is 0 Å². The van der Waals surface area contributed by atoms with Crippen LogP contribution in [0.15, 0.2) is 28.8 Å². The van der Waals surface area contributed by atoms with E-state index < -0.39 is 0 Å². The number of halogens is 2. The Labute approximate surface area is 138 Å². The van der Waals surface area contributed by atoms with E-state index in [0.717, 1.165) is 17.7 Å². The maximum absolute atomic E-state index is 12.2. The highest BCUT2D eigenvalue weighted by molar-refractivity contribution is 6.42. The van der Waals surface area contributed by atoms with Crippen molar-refractivity contribution in [2.24, 2.45) is 5.92 Å². The van der Waals surface area contributed by atoms with Crippen molar-refractivity contribution in [2.45, 2.75) is 32.1 Å². The number of aromatic nitrogens is 1. The molecule has 4 nitrogen and oxygen atoms in total. The van der Waals surface area contributed by atoms with Gasteiger partial charge in [-0.2, -0.15) is 0 Å². The van der Waals surface area contributed by atoms with Crippen molar-refractivity contribution < 1.29 is 9.32 Å². The molecule has 6 heteroatoms. The first-order valence-electron chi connectivity index (χ1n) is 7.18. The highest BCUT2D eigenvalue weighted by Gasteiger charge is 2.44. The zero-order valence-corrected chi connectivity index (χ0v) is 13.8. The van der Waals surface area contributed by atoms with E-state index >= 15 is 0 Å². The molecule has 1 N–H and O–H groups in total. The molecule has 22 heavy (non-hydrogen) atoms. The molecule has 2 atom stereocenters. The number of carbonyl (C=O) groups excluding carboxylic acids is 1. The van der Waals surface area contributed by atoms with Crippen LogP contribution in [-0.2, 0) is 4.79 Å². The topological polar surface area (TPSA) is 55.1 Å². The number of carbonyl (C=O) groups is 1. The van der Waals surface area contributed by atoms with Gasteiger partial charge < -0.3 is 9.84 Å². The quantitative estimate of drug-likeness (QED) is 0.866. The van der Waals surface area contributed by atoms with Crippen LogP contribution >= 0.6 is 23.2 Å². The summed E-state index contributed by atoms with van der Waals surface area (Å²) in [7, 11) is 0. The van der Waals surface area contributed by atoms with E-state index in [1.807, 2.05) is 26.0 Å². The van der Waals surface area contributed by atoms with Crippen molar-refractivity contribution in [1.82, 2.24) is 5.16 Å². The van der Waals surface area contributed by atoms with Gasteiger partial charge in [-0.15, -0.1) is 0 Å². The second-order valence-corrected chi connectivity index (χ2v) is 6.70. The lowest BCUT2D eigenvalue weighted by atomic mass is 10.1. The molecule has 0 saturated heterocycles. The SMILES string of the molecule is CC(C)c1cc(NC(=O)[C@H]2C[C@@H]2c2ccc(Cl)c(Cl)c2)no1. The van der Waals surface area contributed by atoms with E-state index in [1.165, 1.54) is 0 Å². The molecule has 3 rings (SSSR count). The van der Waals surface area contributed by atoms with Gasteiger partial charge in [0, 0.05) is 17.9 Å². The molecular formula is C16H16Cl2N2O2. The van der Waals surface area contributed by atoms with E-state index in [2.05, 4.69) is 10.5 Å². The minimum atomic E-state index is -0.0588. The Hall–Kier alpha value is -1.52. The summed E-state index contributed by atoms with van der Waals surface area (Å²) in [6, 6.07) is 7.27. The van der Waals surface area contributed by atoms with Crippen LogP contribution in [0.5, 0.6) is 0 Å². The van der Waals surface area contributed by atoms with Crippen molar-refractivity contribution in [3.05, 3.63) is 45.6 Å². The molecule has 1 fully saturated rings. The Morgan fingerprint density at radius 2 is 2.09 bits per heavy atom. The predicted octanol–water partition coefficient (Wildman–Crippen LogP) is 4.85. The first-order valence-corrected chi connectivity index (χ1v) is 7.93. The van der Waals surface area contributed by atoms with Crippen LogP contribution in [0.25, 0.3) is 0 Å². The van der Waals surface area contributed by atoms with Crippen LogP contribution in [0.4, 0.5) is 5.82 Å². The monoisotopic (exact) mass is 338 g/mol. The smallest absolute Gasteiger partial charge is 0.229 e. The van der Waals surface area contributed by atoms with E-state index in [-0.39, 0.29) is 23.7 Å². The summed E-state index contributed by atoms with van der Waals surface area (Å²) in [4.78, 5) is 12.2. The summed E-state index contributed by atoms with van der Waals surface area (Å²) in [5.74, 6) is 1.55. The Bertz CT molecular complexity index is 712. The Balaban J connectivity index is 1.63. The van der Waals surface area contributed by atoms with Gasteiger partial charge in [0.05, 0.1) is 10.0 Å². The van der Waals surface area contributed by atoms with E-state index in [9.17, 15) is 4.79 Å². The summed E-state index contributed by atoms with van der Waals surface area (Å²) in [5.41, 5.74) is 1.04. The molecular weight excluding hydrogens is 323 g/mol. The van der Waals surface area contributed by atoms with Crippen LogP contribution in [0.2, 0.25) is 10.0 Å². The molecule has 1 aromatic heterocycles. The number of anilines is 1. The highest BCUT2D eigenvalue weighted by atomic mass is 35.5. The molecule has 0 aliphatic heterocycles. The maximum atomic E-state index is 12.2. The minimum absolute atomic E-state index is 0.0420. The van der Waals surface area contributed by atoms with Gasteiger partial charge in [0.15, 0.2) is 5.82 Å². The Morgan fingerprint density at radius 3 is 2.73 bits per heavy atom. The lowest BCUT2D eigenvalue weighted by Crippen LogP contribution is -2.14. The average Bonchev–Trinajstić information content (AvgIpc) is 3.14. The molecule has 1 heterocycles. The molecule has 0 bridgehead atoms. The Kier molecular flexibility index (Phi) is 4.15. The molecule has 1 aliphatic rings. The van der Waals surface area contributed by atoms with Crippen molar-refractivity contribution >= 4 is 34.9 Å². The third-order valence-electron chi connectivity index (χ3n) is 3.85. The zero-order chi connectivity index (χ0) is 15.9. The maximum Gasteiger partial charge on any atom is 0.229 e. The zero-order valence-electron chi connectivity index (χ0n) is 12.3. The fraction of sp³-hybridized carbons (Fsp3) is 0.375.